The molecular formula is C19H14FN3. The highest BCUT2D eigenvalue weighted by atomic mass is 19.1. The molecule has 4 heteroatoms. The second-order valence-electron chi connectivity index (χ2n) is 5.38. The van der Waals surface area contributed by atoms with Crippen LogP contribution in [0.2, 0.25) is 0 Å². The van der Waals surface area contributed by atoms with E-state index in [1.54, 1.807) is 30.9 Å². The van der Waals surface area contributed by atoms with Crippen molar-refractivity contribution in [1.29, 1.82) is 0 Å². The summed E-state index contributed by atoms with van der Waals surface area (Å²) in [4.78, 5) is 8.74. The summed E-state index contributed by atoms with van der Waals surface area (Å²) in [5, 5.41) is 2.16. The van der Waals surface area contributed by atoms with Crippen molar-refractivity contribution in [3.8, 4) is 0 Å². The Kier molecular flexibility index (Phi) is 3.35. The van der Waals surface area contributed by atoms with Crippen LogP contribution in [0.1, 0.15) is 17.3 Å². The molecule has 1 atom stereocenters. The summed E-state index contributed by atoms with van der Waals surface area (Å²) in [5.41, 5.74) is 1.72. The summed E-state index contributed by atoms with van der Waals surface area (Å²) in [6.07, 6.45) is 7.12. The molecule has 1 unspecified atom stereocenters. The van der Waals surface area contributed by atoms with Crippen LogP contribution in [0, 0.1) is 5.82 Å². The second kappa shape index (κ2) is 5.65. The fraction of sp³-hybridized carbons (Fsp3) is 0.0526. The van der Waals surface area contributed by atoms with Crippen molar-refractivity contribution < 1.29 is 4.39 Å². The summed E-state index contributed by atoms with van der Waals surface area (Å²) in [7, 11) is 0. The highest BCUT2D eigenvalue weighted by Crippen LogP contribution is 2.30. The van der Waals surface area contributed by atoms with Gasteiger partial charge in [-0.2, -0.15) is 0 Å². The molecule has 0 radical (unpaired) electrons. The molecule has 0 fully saturated rings. The molecule has 0 aliphatic rings. The number of fused-ring (bicyclic) bond motifs is 1. The van der Waals surface area contributed by atoms with E-state index in [0.717, 1.165) is 22.0 Å². The smallest absolute Gasteiger partial charge is 0.123 e. The van der Waals surface area contributed by atoms with Gasteiger partial charge in [-0.3, -0.25) is 4.98 Å². The maximum absolute atomic E-state index is 13.8. The van der Waals surface area contributed by atoms with E-state index in [0.29, 0.717) is 0 Å². The highest BCUT2D eigenvalue weighted by molar-refractivity contribution is 5.85. The lowest BCUT2D eigenvalue weighted by Gasteiger charge is -2.20. The number of hydrogen-bond donors (Lipinski definition) is 0. The molecular weight excluding hydrogens is 289 g/mol. The molecule has 4 rings (SSSR count). The minimum absolute atomic E-state index is 0.223. The van der Waals surface area contributed by atoms with Gasteiger partial charge in [-0.15, -0.1) is 0 Å². The quantitative estimate of drug-likeness (QED) is 0.567. The lowest BCUT2D eigenvalue weighted by Crippen LogP contribution is -2.13. The number of benzene rings is 2. The SMILES string of the molecule is Fc1cccc(C(c2nccc3ccccc23)n2ccnc2)c1. The number of pyridine rings is 1. The Labute approximate surface area is 133 Å². The number of rotatable bonds is 3. The van der Waals surface area contributed by atoms with Gasteiger partial charge < -0.3 is 4.57 Å². The molecule has 0 saturated carbocycles. The highest BCUT2D eigenvalue weighted by Gasteiger charge is 2.20. The molecule has 0 spiro atoms. The van der Waals surface area contributed by atoms with Crippen molar-refractivity contribution >= 4 is 10.8 Å². The van der Waals surface area contributed by atoms with Crippen LogP contribution in [0.15, 0.2) is 79.5 Å². The molecule has 2 aromatic heterocycles. The summed E-state index contributed by atoms with van der Waals surface area (Å²) in [6, 6.07) is 16.5. The van der Waals surface area contributed by atoms with Crippen LogP contribution in [0.25, 0.3) is 10.8 Å². The van der Waals surface area contributed by atoms with E-state index < -0.39 is 0 Å². The largest absolute Gasteiger partial charge is 0.324 e. The Balaban J connectivity index is 1.98. The van der Waals surface area contributed by atoms with Gasteiger partial charge in [0.1, 0.15) is 11.9 Å². The molecule has 23 heavy (non-hydrogen) atoms. The first-order chi connectivity index (χ1) is 11.3. The lowest BCUT2D eigenvalue weighted by molar-refractivity contribution is 0.612. The standard InChI is InChI=1S/C19H14FN3/c20-16-6-3-5-15(12-16)19(23-11-10-21-13-23)18-17-7-2-1-4-14(17)8-9-22-18/h1-13,19H. The van der Waals surface area contributed by atoms with E-state index >= 15 is 0 Å². The minimum Gasteiger partial charge on any atom is -0.324 e. The summed E-state index contributed by atoms with van der Waals surface area (Å²) < 4.78 is 15.7. The normalized spacial score (nSPS) is 12.4. The maximum atomic E-state index is 13.8. The molecule has 0 bridgehead atoms. The predicted octanol–water partition coefficient (Wildman–Crippen LogP) is 4.21. The van der Waals surface area contributed by atoms with E-state index in [1.165, 1.54) is 6.07 Å². The molecule has 0 aliphatic carbocycles. The first kappa shape index (κ1) is 13.6. The first-order valence-corrected chi connectivity index (χ1v) is 7.39. The number of nitrogens with zero attached hydrogens (tertiary/aromatic N) is 3. The Hall–Kier alpha value is -3.01. The van der Waals surface area contributed by atoms with Crippen molar-refractivity contribution in [1.82, 2.24) is 14.5 Å². The third kappa shape index (κ3) is 2.48. The van der Waals surface area contributed by atoms with Gasteiger partial charge in [-0.05, 0) is 29.1 Å². The van der Waals surface area contributed by atoms with E-state index in [4.69, 9.17) is 0 Å². The summed E-state index contributed by atoms with van der Waals surface area (Å²) >= 11 is 0. The zero-order valence-corrected chi connectivity index (χ0v) is 12.3. The summed E-state index contributed by atoms with van der Waals surface area (Å²) in [6.45, 7) is 0. The van der Waals surface area contributed by atoms with Crippen molar-refractivity contribution in [3.05, 3.63) is 96.6 Å². The van der Waals surface area contributed by atoms with Crippen LogP contribution in [0.3, 0.4) is 0 Å². The fourth-order valence-electron chi connectivity index (χ4n) is 2.93. The van der Waals surface area contributed by atoms with Crippen LogP contribution >= 0.6 is 0 Å². The lowest BCUT2D eigenvalue weighted by atomic mass is 9.98. The second-order valence-corrected chi connectivity index (χ2v) is 5.38. The molecule has 2 aromatic carbocycles. The van der Waals surface area contributed by atoms with Crippen LogP contribution in [-0.2, 0) is 0 Å². The fourth-order valence-corrected chi connectivity index (χ4v) is 2.93. The third-order valence-corrected chi connectivity index (χ3v) is 3.95. The van der Waals surface area contributed by atoms with Crippen LogP contribution < -0.4 is 0 Å². The van der Waals surface area contributed by atoms with Gasteiger partial charge >= 0.3 is 0 Å². The van der Waals surface area contributed by atoms with Crippen molar-refractivity contribution in [2.45, 2.75) is 6.04 Å². The van der Waals surface area contributed by atoms with Gasteiger partial charge in [-0.1, -0.05) is 36.4 Å². The topological polar surface area (TPSA) is 30.7 Å². The van der Waals surface area contributed by atoms with E-state index in [1.807, 2.05) is 41.1 Å². The van der Waals surface area contributed by atoms with Gasteiger partial charge in [0.15, 0.2) is 0 Å². The van der Waals surface area contributed by atoms with E-state index in [9.17, 15) is 4.39 Å². The molecule has 0 saturated heterocycles. The zero-order chi connectivity index (χ0) is 15.6. The van der Waals surface area contributed by atoms with Gasteiger partial charge in [0.2, 0.25) is 0 Å². The van der Waals surface area contributed by atoms with Crippen LogP contribution in [0.4, 0.5) is 4.39 Å². The predicted molar refractivity (Wildman–Crippen MR) is 87.6 cm³/mol. The van der Waals surface area contributed by atoms with Crippen molar-refractivity contribution in [3.63, 3.8) is 0 Å². The van der Waals surface area contributed by atoms with Gasteiger partial charge in [0.25, 0.3) is 0 Å². The molecule has 0 N–H and O–H groups in total. The molecule has 3 nitrogen and oxygen atoms in total. The van der Waals surface area contributed by atoms with Gasteiger partial charge in [-0.25, -0.2) is 9.37 Å². The molecule has 0 aliphatic heterocycles. The number of hydrogen-bond acceptors (Lipinski definition) is 2. The van der Waals surface area contributed by atoms with Gasteiger partial charge in [0, 0.05) is 24.0 Å². The Morgan fingerprint density at radius 1 is 0.957 bits per heavy atom. The molecule has 2 heterocycles. The minimum atomic E-state index is -0.257. The number of halogens is 1. The zero-order valence-electron chi connectivity index (χ0n) is 12.3. The Bertz CT molecular complexity index is 942. The maximum Gasteiger partial charge on any atom is 0.123 e. The first-order valence-electron chi connectivity index (χ1n) is 7.39. The van der Waals surface area contributed by atoms with Crippen LogP contribution in [0.5, 0.6) is 0 Å². The Morgan fingerprint density at radius 3 is 2.70 bits per heavy atom. The van der Waals surface area contributed by atoms with E-state index in [2.05, 4.69) is 16.0 Å². The average molecular weight is 303 g/mol. The average Bonchev–Trinajstić information content (AvgIpc) is 3.10. The Morgan fingerprint density at radius 2 is 1.87 bits per heavy atom. The van der Waals surface area contributed by atoms with Crippen molar-refractivity contribution in [2.75, 3.05) is 0 Å². The van der Waals surface area contributed by atoms with Gasteiger partial charge in [0.05, 0.1) is 12.0 Å². The molecule has 0 amide bonds. The third-order valence-electron chi connectivity index (χ3n) is 3.95. The monoisotopic (exact) mass is 303 g/mol. The number of aromatic nitrogens is 3. The molecule has 4 aromatic rings. The van der Waals surface area contributed by atoms with Crippen molar-refractivity contribution in [2.24, 2.45) is 0 Å². The summed E-state index contributed by atoms with van der Waals surface area (Å²) in [5.74, 6) is -0.257. The van der Waals surface area contributed by atoms with Crippen LogP contribution in [-0.4, -0.2) is 14.5 Å². The molecule has 112 valence electrons. The van der Waals surface area contributed by atoms with E-state index in [-0.39, 0.29) is 11.9 Å². The number of imidazole rings is 1.